The predicted octanol–water partition coefficient (Wildman–Crippen LogP) is 0.699. The van der Waals surface area contributed by atoms with E-state index in [1.54, 1.807) is 18.3 Å². The lowest BCUT2D eigenvalue weighted by Crippen LogP contribution is -2.32. The van der Waals surface area contributed by atoms with Crippen LogP contribution in [0.2, 0.25) is 0 Å². The van der Waals surface area contributed by atoms with Crippen molar-refractivity contribution >= 4 is 5.91 Å². The first-order valence-corrected chi connectivity index (χ1v) is 6.80. The lowest BCUT2D eigenvalue weighted by Gasteiger charge is -2.07. The standard InChI is InChI=1S/C16H18N2O3/c19-12-14-6-4-13(5-7-14)8-9-17-15(20)11-18-10-2-1-3-16(18)21/h1-7,10,19H,8-9,11-12H2,(H,17,20). The van der Waals surface area contributed by atoms with Gasteiger partial charge < -0.3 is 15.0 Å². The molecular formula is C16H18N2O3. The Morgan fingerprint density at radius 3 is 2.48 bits per heavy atom. The Morgan fingerprint density at radius 2 is 1.81 bits per heavy atom. The van der Waals surface area contributed by atoms with Gasteiger partial charge in [-0.15, -0.1) is 0 Å². The first-order valence-electron chi connectivity index (χ1n) is 6.80. The molecule has 21 heavy (non-hydrogen) atoms. The van der Waals surface area contributed by atoms with Gasteiger partial charge >= 0.3 is 0 Å². The summed E-state index contributed by atoms with van der Waals surface area (Å²) in [7, 11) is 0. The van der Waals surface area contributed by atoms with Crippen molar-refractivity contribution in [2.24, 2.45) is 0 Å². The number of aliphatic hydroxyl groups is 1. The normalized spacial score (nSPS) is 10.3. The van der Waals surface area contributed by atoms with Gasteiger partial charge in [0, 0.05) is 18.8 Å². The van der Waals surface area contributed by atoms with Gasteiger partial charge in [-0.3, -0.25) is 9.59 Å². The average Bonchev–Trinajstić information content (AvgIpc) is 2.50. The molecule has 1 aromatic carbocycles. The lowest BCUT2D eigenvalue weighted by atomic mass is 10.1. The third-order valence-electron chi connectivity index (χ3n) is 3.15. The van der Waals surface area contributed by atoms with Crippen LogP contribution in [-0.4, -0.2) is 22.1 Å². The van der Waals surface area contributed by atoms with Crippen LogP contribution in [-0.2, 0) is 24.4 Å². The number of benzene rings is 1. The Kier molecular flexibility index (Phi) is 5.29. The number of amides is 1. The summed E-state index contributed by atoms with van der Waals surface area (Å²) in [4.78, 5) is 23.2. The van der Waals surface area contributed by atoms with Crippen LogP contribution in [0.3, 0.4) is 0 Å². The molecule has 0 spiro atoms. The number of carbonyl (C=O) groups excluding carboxylic acids is 1. The molecule has 0 saturated heterocycles. The van der Waals surface area contributed by atoms with E-state index >= 15 is 0 Å². The van der Waals surface area contributed by atoms with E-state index in [2.05, 4.69) is 5.32 Å². The molecule has 1 aromatic heterocycles. The highest BCUT2D eigenvalue weighted by Crippen LogP contribution is 2.04. The largest absolute Gasteiger partial charge is 0.392 e. The second-order valence-electron chi connectivity index (χ2n) is 4.74. The Hall–Kier alpha value is -2.40. The molecule has 1 heterocycles. The number of rotatable bonds is 6. The number of carbonyl (C=O) groups is 1. The van der Waals surface area contributed by atoms with Crippen LogP contribution in [0.5, 0.6) is 0 Å². The summed E-state index contributed by atoms with van der Waals surface area (Å²) in [6, 6.07) is 12.4. The summed E-state index contributed by atoms with van der Waals surface area (Å²) in [5, 5.41) is 11.7. The average molecular weight is 286 g/mol. The van der Waals surface area contributed by atoms with Crippen LogP contribution in [0, 0.1) is 0 Å². The SMILES string of the molecule is O=C(Cn1ccccc1=O)NCCc1ccc(CO)cc1. The van der Waals surface area contributed by atoms with Crippen LogP contribution >= 0.6 is 0 Å². The number of aromatic nitrogens is 1. The maximum Gasteiger partial charge on any atom is 0.250 e. The number of nitrogens with zero attached hydrogens (tertiary/aromatic N) is 1. The molecule has 0 bridgehead atoms. The number of nitrogens with one attached hydrogen (secondary N) is 1. The number of hydrogen-bond acceptors (Lipinski definition) is 3. The summed E-state index contributed by atoms with van der Waals surface area (Å²) in [6.45, 7) is 0.574. The summed E-state index contributed by atoms with van der Waals surface area (Å²) < 4.78 is 1.37. The molecule has 0 unspecified atom stereocenters. The van der Waals surface area contributed by atoms with Gasteiger partial charge in [-0.2, -0.15) is 0 Å². The van der Waals surface area contributed by atoms with Gasteiger partial charge in [0.15, 0.2) is 0 Å². The predicted molar refractivity (Wildman–Crippen MR) is 79.8 cm³/mol. The van der Waals surface area contributed by atoms with Crippen LogP contribution in [0.4, 0.5) is 0 Å². The maximum atomic E-state index is 11.8. The molecule has 1 amide bonds. The minimum absolute atomic E-state index is 0.0306. The second kappa shape index (κ2) is 7.40. The highest BCUT2D eigenvalue weighted by molar-refractivity contribution is 5.75. The Morgan fingerprint density at radius 1 is 1.10 bits per heavy atom. The van der Waals surface area contributed by atoms with E-state index in [0.29, 0.717) is 13.0 Å². The second-order valence-corrected chi connectivity index (χ2v) is 4.74. The van der Waals surface area contributed by atoms with E-state index in [1.807, 2.05) is 24.3 Å². The first kappa shape index (κ1) is 15.0. The van der Waals surface area contributed by atoms with Crippen molar-refractivity contribution in [2.75, 3.05) is 6.54 Å². The molecule has 2 N–H and O–H groups in total. The van der Waals surface area contributed by atoms with Crippen LogP contribution in [0.1, 0.15) is 11.1 Å². The van der Waals surface area contributed by atoms with Gasteiger partial charge in [-0.1, -0.05) is 30.3 Å². The number of hydrogen-bond donors (Lipinski definition) is 2. The van der Waals surface area contributed by atoms with Crippen molar-refractivity contribution in [3.63, 3.8) is 0 Å². The van der Waals surface area contributed by atoms with Gasteiger partial charge in [0.2, 0.25) is 5.91 Å². The zero-order chi connectivity index (χ0) is 15.1. The van der Waals surface area contributed by atoms with Gasteiger partial charge in [-0.25, -0.2) is 0 Å². The molecule has 0 fully saturated rings. The maximum absolute atomic E-state index is 11.8. The molecule has 0 aliphatic rings. The van der Waals surface area contributed by atoms with Crippen molar-refractivity contribution in [2.45, 2.75) is 19.6 Å². The minimum Gasteiger partial charge on any atom is -0.392 e. The quantitative estimate of drug-likeness (QED) is 0.821. The van der Waals surface area contributed by atoms with Gasteiger partial charge in [-0.05, 0) is 23.6 Å². The Bertz CT molecular complexity index is 647. The van der Waals surface area contributed by atoms with Gasteiger partial charge in [0.1, 0.15) is 6.54 Å². The topological polar surface area (TPSA) is 71.3 Å². The van der Waals surface area contributed by atoms with E-state index in [-0.39, 0.29) is 24.6 Å². The molecule has 0 atom stereocenters. The molecule has 0 aliphatic carbocycles. The zero-order valence-corrected chi connectivity index (χ0v) is 11.7. The fraction of sp³-hybridized carbons (Fsp3) is 0.250. The molecule has 0 saturated carbocycles. The number of aliphatic hydroxyl groups excluding tert-OH is 1. The Labute approximate surface area is 122 Å². The first-order chi connectivity index (χ1) is 10.2. The van der Waals surface area contributed by atoms with E-state index < -0.39 is 0 Å². The van der Waals surface area contributed by atoms with E-state index in [9.17, 15) is 9.59 Å². The summed E-state index contributed by atoms with van der Waals surface area (Å²) in [5.41, 5.74) is 1.77. The summed E-state index contributed by atoms with van der Waals surface area (Å²) in [5.74, 6) is -0.185. The van der Waals surface area contributed by atoms with Crippen LogP contribution in [0.15, 0.2) is 53.5 Å². The molecule has 110 valence electrons. The molecule has 2 rings (SSSR count). The monoisotopic (exact) mass is 286 g/mol. The van der Waals surface area contributed by atoms with Crippen LogP contribution in [0.25, 0.3) is 0 Å². The molecule has 0 aliphatic heterocycles. The van der Waals surface area contributed by atoms with E-state index in [0.717, 1.165) is 11.1 Å². The van der Waals surface area contributed by atoms with Gasteiger partial charge in [0.05, 0.1) is 6.61 Å². The Balaban J connectivity index is 1.79. The van der Waals surface area contributed by atoms with Crippen LogP contribution < -0.4 is 10.9 Å². The zero-order valence-electron chi connectivity index (χ0n) is 11.7. The van der Waals surface area contributed by atoms with E-state index in [1.165, 1.54) is 10.6 Å². The highest BCUT2D eigenvalue weighted by Gasteiger charge is 2.03. The number of pyridine rings is 1. The minimum atomic E-state index is -0.188. The molecule has 5 nitrogen and oxygen atoms in total. The van der Waals surface area contributed by atoms with E-state index in [4.69, 9.17) is 5.11 Å². The van der Waals surface area contributed by atoms with Crippen molar-refractivity contribution in [3.05, 3.63) is 70.1 Å². The smallest absolute Gasteiger partial charge is 0.250 e. The molecule has 2 aromatic rings. The third-order valence-corrected chi connectivity index (χ3v) is 3.15. The van der Waals surface area contributed by atoms with Crippen molar-refractivity contribution < 1.29 is 9.90 Å². The third kappa shape index (κ3) is 4.57. The molecule has 0 radical (unpaired) electrons. The van der Waals surface area contributed by atoms with Crippen molar-refractivity contribution in [1.29, 1.82) is 0 Å². The van der Waals surface area contributed by atoms with Gasteiger partial charge in [0.25, 0.3) is 5.56 Å². The fourth-order valence-corrected chi connectivity index (χ4v) is 1.96. The molecule has 5 heteroatoms. The van der Waals surface area contributed by atoms with Crippen molar-refractivity contribution in [1.82, 2.24) is 9.88 Å². The summed E-state index contributed by atoms with van der Waals surface area (Å²) >= 11 is 0. The summed E-state index contributed by atoms with van der Waals surface area (Å²) in [6.07, 6.45) is 2.30. The highest BCUT2D eigenvalue weighted by atomic mass is 16.3. The van der Waals surface area contributed by atoms with Crippen molar-refractivity contribution in [3.8, 4) is 0 Å². The molecular weight excluding hydrogens is 268 g/mol. The fourth-order valence-electron chi connectivity index (χ4n) is 1.96. The lowest BCUT2D eigenvalue weighted by molar-refractivity contribution is -0.121.